The number of aryl methyl sites for hydroxylation is 2. The number of nitrogens with one attached hydrogen (secondary N) is 1. The minimum Gasteiger partial charge on any atom is -0.494 e. The first-order valence-corrected chi connectivity index (χ1v) is 8.75. The van der Waals surface area contributed by atoms with Gasteiger partial charge in [-0.3, -0.25) is 0 Å². The molecule has 0 radical (unpaired) electrons. The third-order valence-electron chi connectivity index (χ3n) is 3.18. The summed E-state index contributed by atoms with van der Waals surface area (Å²) in [5, 5.41) is 3.84. The molecule has 0 bridgehead atoms. The van der Waals surface area contributed by atoms with E-state index in [2.05, 4.69) is 9.93 Å². The van der Waals surface area contributed by atoms with E-state index in [4.69, 9.17) is 4.74 Å². The highest BCUT2D eigenvalue weighted by molar-refractivity contribution is 7.89. The topological polar surface area (TPSA) is 67.8 Å². The number of sulfonamides is 1. The summed E-state index contributed by atoms with van der Waals surface area (Å²) in [7, 11) is -3.68. The molecular weight excluding hydrogens is 312 g/mol. The van der Waals surface area contributed by atoms with Gasteiger partial charge in [0.15, 0.2) is 0 Å². The largest absolute Gasteiger partial charge is 0.494 e. The van der Waals surface area contributed by atoms with E-state index >= 15 is 0 Å². The first-order chi connectivity index (χ1) is 10.9. The van der Waals surface area contributed by atoms with E-state index in [-0.39, 0.29) is 4.90 Å². The van der Waals surface area contributed by atoms with E-state index < -0.39 is 10.0 Å². The maximum absolute atomic E-state index is 12.3. The van der Waals surface area contributed by atoms with Gasteiger partial charge >= 0.3 is 0 Å². The van der Waals surface area contributed by atoms with Crippen LogP contribution in [0.5, 0.6) is 5.75 Å². The second-order valence-corrected chi connectivity index (χ2v) is 6.76. The fourth-order valence-electron chi connectivity index (χ4n) is 2.17. The zero-order chi connectivity index (χ0) is 16.9. The molecule has 0 aromatic heterocycles. The summed E-state index contributed by atoms with van der Waals surface area (Å²) >= 11 is 0. The SMILES string of the molecule is CCOc1cccc(/C=N/NS(=O)(=O)c2ccc(C)cc2C)c1. The molecule has 1 N–H and O–H groups in total. The fraction of sp³-hybridized carbons (Fsp3) is 0.235. The minimum atomic E-state index is -3.68. The van der Waals surface area contributed by atoms with Crippen LogP contribution in [0.15, 0.2) is 52.5 Å². The second-order valence-electron chi connectivity index (χ2n) is 5.13. The molecule has 23 heavy (non-hydrogen) atoms. The lowest BCUT2D eigenvalue weighted by molar-refractivity contribution is 0.340. The van der Waals surface area contributed by atoms with Gasteiger partial charge in [0.2, 0.25) is 0 Å². The number of hydrogen-bond donors (Lipinski definition) is 1. The molecule has 5 nitrogen and oxygen atoms in total. The van der Waals surface area contributed by atoms with Gasteiger partial charge in [-0.1, -0.05) is 29.8 Å². The van der Waals surface area contributed by atoms with Crippen LogP contribution in [-0.4, -0.2) is 21.2 Å². The van der Waals surface area contributed by atoms with Crippen LogP contribution in [0.2, 0.25) is 0 Å². The molecular formula is C17H20N2O3S. The van der Waals surface area contributed by atoms with Gasteiger partial charge in [-0.05, 0) is 50.1 Å². The van der Waals surface area contributed by atoms with Crippen molar-refractivity contribution in [3.8, 4) is 5.75 Å². The highest BCUT2D eigenvalue weighted by atomic mass is 32.2. The van der Waals surface area contributed by atoms with Crippen LogP contribution >= 0.6 is 0 Å². The lowest BCUT2D eigenvalue weighted by atomic mass is 10.2. The van der Waals surface area contributed by atoms with Gasteiger partial charge in [-0.2, -0.15) is 13.5 Å². The molecule has 0 unspecified atom stereocenters. The Morgan fingerprint density at radius 2 is 1.96 bits per heavy atom. The average Bonchev–Trinajstić information content (AvgIpc) is 2.47. The van der Waals surface area contributed by atoms with Gasteiger partial charge in [0.25, 0.3) is 10.0 Å². The van der Waals surface area contributed by atoms with Gasteiger partial charge < -0.3 is 4.74 Å². The molecule has 0 saturated carbocycles. The number of ether oxygens (including phenoxy) is 1. The van der Waals surface area contributed by atoms with Crippen molar-refractivity contribution in [2.24, 2.45) is 5.10 Å². The fourth-order valence-corrected chi connectivity index (χ4v) is 3.19. The molecule has 2 rings (SSSR count). The van der Waals surface area contributed by atoms with Crippen molar-refractivity contribution in [1.29, 1.82) is 0 Å². The van der Waals surface area contributed by atoms with Gasteiger partial charge in [0.05, 0.1) is 17.7 Å². The highest BCUT2D eigenvalue weighted by Gasteiger charge is 2.15. The Labute approximate surface area is 137 Å². The van der Waals surface area contributed by atoms with E-state index in [1.165, 1.54) is 6.21 Å². The Hall–Kier alpha value is -2.34. The first kappa shape index (κ1) is 17.0. The Kier molecular flexibility index (Phi) is 5.39. The van der Waals surface area contributed by atoms with Crippen molar-refractivity contribution in [3.05, 3.63) is 59.2 Å². The maximum Gasteiger partial charge on any atom is 0.276 e. The lowest BCUT2D eigenvalue weighted by Gasteiger charge is -2.07. The summed E-state index contributed by atoms with van der Waals surface area (Å²) in [4.78, 5) is 2.46. The molecule has 0 atom stereocenters. The van der Waals surface area contributed by atoms with Gasteiger partial charge in [0.1, 0.15) is 5.75 Å². The average molecular weight is 332 g/mol. The summed E-state index contributed by atoms with van der Waals surface area (Å²) in [5.74, 6) is 0.716. The quantitative estimate of drug-likeness (QED) is 0.653. The number of nitrogens with zero attached hydrogens (tertiary/aromatic N) is 1. The molecule has 6 heteroatoms. The van der Waals surface area contributed by atoms with Crippen LogP contribution < -0.4 is 9.57 Å². The molecule has 0 saturated heterocycles. The van der Waals surface area contributed by atoms with Crippen molar-refractivity contribution in [3.63, 3.8) is 0 Å². The number of hydrazone groups is 1. The predicted octanol–water partition coefficient (Wildman–Crippen LogP) is 3.01. The van der Waals surface area contributed by atoms with Crippen LogP contribution in [0.4, 0.5) is 0 Å². The van der Waals surface area contributed by atoms with E-state index in [9.17, 15) is 8.42 Å². The van der Waals surface area contributed by atoms with E-state index in [1.807, 2.05) is 38.1 Å². The van der Waals surface area contributed by atoms with E-state index in [0.29, 0.717) is 17.9 Å². The minimum absolute atomic E-state index is 0.225. The normalized spacial score (nSPS) is 11.6. The van der Waals surface area contributed by atoms with Gasteiger partial charge in [-0.25, -0.2) is 4.83 Å². The summed E-state index contributed by atoms with van der Waals surface area (Å²) in [6, 6.07) is 12.4. The molecule has 0 aliphatic heterocycles. The third-order valence-corrected chi connectivity index (χ3v) is 4.56. The van der Waals surface area contributed by atoms with Crippen molar-refractivity contribution < 1.29 is 13.2 Å². The molecule has 0 aliphatic rings. The maximum atomic E-state index is 12.3. The van der Waals surface area contributed by atoms with Crippen molar-refractivity contribution in [2.75, 3.05) is 6.61 Å². The summed E-state index contributed by atoms with van der Waals surface area (Å²) in [6.07, 6.45) is 1.45. The Morgan fingerprint density at radius 1 is 1.17 bits per heavy atom. The molecule has 0 amide bonds. The third kappa shape index (κ3) is 4.56. The molecule has 0 heterocycles. The zero-order valence-corrected chi connectivity index (χ0v) is 14.2. The van der Waals surface area contributed by atoms with Crippen LogP contribution in [0.25, 0.3) is 0 Å². The van der Waals surface area contributed by atoms with Crippen molar-refractivity contribution in [1.82, 2.24) is 4.83 Å². The Balaban J connectivity index is 2.14. The lowest BCUT2D eigenvalue weighted by Crippen LogP contribution is -2.19. The summed E-state index contributed by atoms with van der Waals surface area (Å²) in [5.41, 5.74) is 2.45. The first-order valence-electron chi connectivity index (χ1n) is 7.27. The highest BCUT2D eigenvalue weighted by Crippen LogP contribution is 2.16. The standard InChI is InChI=1S/C17H20N2O3S/c1-4-22-16-7-5-6-15(11-16)12-18-19-23(20,21)17-9-8-13(2)10-14(17)3/h5-12,19H,4H2,1-3H3/b18-12+. The number of hydrogen-bond acceptors (Lipinski definition) is 4. The monoisotopic (exact) mass is 332 g/mol. The second kappa shape index (κ2) is 7.28. The van der Waals surface area contributed by atoms with Crippen molar-refractivity contribution in [2.45, 2.75) is 25.7 Å². The van der Waals surface area contributed by atoms with Gasteiger partial charge in [0, 0.05) is 0 Å². The molecule has 122 valence electrons. The molecule has 2 aromatic carbocycles. The van der Waals surface area contributed by atoms with Gasteiger partial charge in [-0.15, -0.1) is 0 Å². The zero-order valence-electron chi connectivity index (χ0n) is 13.4. The predicted molar refractivity (Wildman–Crippen MR) is 91.4 cm³/mol. The summed E-state index contributed by atoms with van der Waals surface area (Å²) in [6.45, 7) is 6.15. The Bertz CT molecular complexity index is 814. The van der Waals surface area contributed by atoms with E-state index in [1.54, 1.807) is 25.1 Å². The van der Waals surface area contributed by atoms with Crippen LogP contribution in [0.3, 0.4) is 0 Å². The van der Waals surface area contributed by atoms with Crippen LogP contribution in [0.1, 0.15) is 23.6 Å². The Morgan fingerprint density at radius 3 is 2.65 bits per heavy atom. The van der Waals surface area contributed by atoms with Crippen LogP contribution in [-0.2, 0) is 10.0 Å². The smallest absolute Gasteiger partial charge is 0.276 e. The van der Waals surface area contributed by atoms with Crippen molar-refractivity contribution >= 4 is 16.2 Å². The molecule has 0 aliphatic carbocycles. The molecule has 2 aromatic rings. The molecule has 0 spiro atoms. The van der Waals surface area contributed by atoms with E-state index in [0.717, 1.165) is 11.1 Å². The molecule has 0 fully saturated rings. The number of benzene rings is 2. The van der Waals surface area contributed by atoms with Crippen LogP contribution in [0, 0.1) is 13.8 Å². The number of rotatable bonds is 6. The summed E-state index contributed by atoms with van der Waals surface area (Å²) < 4.78 is 29.9.